The Morgan fingerprint density at radius 1 is 1.08 bits per heavy atom. The summed E-state index contributed by atoms with van der Waals surface area (Å²) in [5.41, 5.74) is 1.94. The number of hydrogen-bond donors (Lipinski definition) is 1. The van der Waals surface area contributed by atoms with Crippen LogP contribution in [0.4, 0.5) is 5.69 Å². The summed E-state index contributed by atoms with van der Waals surface area (Å²) < 4.78 is 16.5. The number of ether oxygens (including phenoxy) is 3. The van der Waals surface area contributed by atoms with Gasteiger partial charge < -0.3 is 24.1 Å². The highest BCUT2D eigenvalue weighted by Crippen LogP contribution is 2.41. The number of pyridine rings is 1. The normalized spacial score (nSPS) is 19.9. The number of H-pyrrole nitrogens is 1. The molecular weight excluding hydrogens is 332 g/mol. The lowest BCUT2D eigenvalue weighted by Crippen LogP contribution is -2.25. The average Bonchev–Trinajstić information content (AvgIpc) is 3.35. The van der Waals surface area contributed by atoms with Gasteiger partial charge in [-0.15, -0.1) is 0 Å². The Kier molecular flexibility index (Phi) is 4.38. The highest BCUT2D eigenvalue weighted by Gasteiger charge is 2.35. The van der Waals surface area contributed by atoms with Gasteiger partial charge in [-0.25, -0.2) is 4.98 Å². The maximum absolute atomic E-state index is 5.64. The van der Waals surface area contributed by atoms with Crippen LogP contribution in [0.1, 0.15) is 18.3 Å². The van der Waals surface area contributed by atoms with Crippen molar-refractivity contribution < 1.29 is 14.2 Å². The van der Waals surface area contributed by atoms with E-state index in [1.807, 2.05) is 30.6 Å². The molecule has 1 unspecified atom stereocenters. The molecule has 1 fully saturated rings. The molecule has 0 amide bonds. The number of methoxy groups -OCH3 is 3. The lowest BCUT2D eigenvalue weighted by Gasteiger charge is -2.26. The average molecular weight is 354 g/mol. The fourth-order valence-corrected chi connectivity index (χ4v) is 3.66. The number of nitrogens with one attached hydrogen (secondary N) is 1. The SMILES string of the molecule is COc1cc2nccc(N3C[C@H](OC)CC3c3ncc[nH]3)c2cc1OC. The Bertz CT molecular complexity index is 897. The van der Waals surface area contributed by atoms with Crippen LogP contribution in [0.5, 0.6) is 11.5 Å². The molecule has 1 aromatic carbocycles. The molecule has 1 saturated heterocycles. The molecule has 0 radical (unpaired) electrons. The van der Waals surface area contributed by atoms with E-state index in [0.717, 1.165) is 35.4 Å². The van der Waals surface area contributed by atoms with Crippen LogP contribution in [0.15, 0.2) is 36.8 Å². The lowest BCUT2D eigenvalue weighted by molar-refractivity contribution is 0.118. The molecule has 3 aromatic rings. The van der Waals surface area contributed by atoms with Gasteiger partial charge in [0.25, 0.3) is 0 Å². The summed E-state index contributed by atoms with van der Waals surface area (Å²) in [6, 6.07) is 6.04. The minimum atomic E-state index is 0.119. The zero-order chi connectivity index (χ0) is 18.1. The van der Waals surface area contributed by atoms with Crippen molar-refractivity contribution in [3.05, 3.63) is 42.6 Å². The Morgan fingerprint density at radius 3 is 2.58 bits per heavy atom. The largest absolute Gasteiger partial charge is 0.493 e. The van der Waals surface area contributed by atoms with E-state index in [9.17, 15) is 0 Å². The second-order valence-electron chi connectivity index (χ2n) is 6.29. The fraction of sp³-hybridized carbons (Fsp3) is 0.368. The van der Waals surface area contributed by atoms with Crippen LogP contribution in [0.3, 0.4) is 0 Å². The van der Waals surface area contributed by atoms with Crippen LogP contribution < -0.4 is 14.4 Å². The van der Waals surface area contributed by atoms with E-state index in [0.29, 0.717) is 11.5 Å². The minimum absolute atomic E-state index is 0.119. The number of fused-ring (bicyclic) bond motifs is 1. The van der Waals surface area contributed by atoms with Gasteiger partial charge in [0.05, 0.1) is 31.9 Å². The Balaban J connectivity index is 1.84. The van der Waals surface area contributed by atoms with Gasteiger partial charge in [0.2, 0.25) is 0 Å². The van der Waals surface area contributed by atoms with Crippen molar-refractivity contribution in [2.75, 3.05) is 32.8 Å². The molecule has 136 valence electrons. The summed E-state index contributed by atoms with van der Waals surface area (Å²) >= 11 is 0. The molecule has 7 heteroatoms. The summed E-state index contributed by atoms with van der Waals surface area (Å²) in [5, 5.41) is 1.01. The monoisotopic (exact) mass is 354 g/mol. The summed E-state index contributed by atoms with van der Waals surface area (Å²) in [6.45, 7) is 0.787. The highest BCUT2D eigenvalue weighted by molar-refractivity contribution is 5.94. The van der Waals surface area contributed by atoms with Crippen LogP contribution in [0.2, 0.25) is 0 Å². The fourth-order valence-electron chi connectivity index (χ4n) is 3.66. The predicted molar refractivity (Wildman–Crippen MR) is 98.9 cm³/mol. The van der Waals surface area contributed by atoms with Crippen molar-refractivity contribution in [3.63, 3.8) is 0 Å². The molecule has 1 N–H and O–H groups in total. The van der Waals surface area contributed by atoms with Gasteiger partial charge in [0.1, 0.15) is 5.82 Å². The maximum atomic E-state index is 5.64. The first-order valence-corrected chi connectivity index (χ1v) is 8.54. The van der Waals surface area contributed by atoms with Gasteiger partial charge in [-0.2, -0.15) is 0 Å². The first kappa shape index (κ1) is 16.7. The van der Waals surface area contributed by atoms with Crippen LogP contribution in [0.25, 0.3) is 10.9 Å². The first-order valence-electron chi connectivity index (χ1n) is 8.54. The number of aromatic amines is 1. The van der Waals surface area contributed by atoms with Gasteiger partial charge >= 0.3 is 0 Å². The van der Waals surface area contributed by atoms with Crippen molar-refractivity contribution in [1.29, 1.82) is 0 Å². The molecule has 0 aliphatic carbocycles. The van der Waals surface area contributed by atoms with E-state index < -0.39 is 0 Å². The number of benzene rings is 1. The summed E-state index contributed by atoms with van der Waals surface area (Å²) in [7, 11) is 5.03. The third-order valence-corrected chi connectivity index (χ3v) is 4.96. The number of aromatic nitrogens is 3. The molecule has 1 aliphatic heterocycles. The molecule has 1 aliphatic rings. The topological polar surface area (TPSA) is 72.5 Å². The van der Waals surface area contributed by atoms with Gasteiger partial charge in [0.15, 0.2) is 11.5 Å². The number of anilines is 1. The zero-order valence-corrected chi connectivity index (χ0v) is 15.1. The second-order valence-corrected chi connectivity index (χ2v) is 6.29. The van der Waals surface area contributed by atoms with Crippen LogP contribution in [-0.4, -0.2) is 48.9 Å². The van der Waals surface area contributed by atoms with Crippen LogP contribution in [0, 0.1) is 0 Å². The predicted octanol–water partition coefficient (Wildman–Crippen LogP) is 2.94. The molecule has 2 aromatic heterocycles. The molecule has 3 heterocycles. The number of hydrogen-bond acceptors (Lipinski definition) is 6. The maximum Gasteiger partial charge on any atom is 0.162 e. The van der Waals surface area contributed by atoms with Gasteiger partial charge in [0, 0.05) is 55.8 Å². The van der Waals surface area contributed by atoms with Gasteiger partial charge in [-0.3, -0.25) is 4.98 Å². The van der Waals surface area contributed by atoms with Crippen molar-refractivity contribution in [3.8, 4) is 11.5 Å². The molecule has 2 atom stereocenters. The lowest BCUT2D eigenvalue weighted by atomic mass is 10.1. The van der Waals surface area contributed by atoms with E-state index in [1.54, 1.807) is 27.5 Å². The van der Waals surface area contributed by atoms with E-state index in [4.69, 9.17) is 14.2 Å². The molecule has 4 rings (SSSR count). The summed E-state index contributed by atoms with van der Waals surface area (Å²) in [4.78, 5) is 14.5. The zero-order valence-electron chi connectivity index (χ0n) is 15.1. The summed E-state index contributed by atoms with van der Waals surface area (Å²) in [6.07, 6.45) is 6.48. The Morgan fingerprint density at radius 2 is 1.88 bits per heavy atom. The van der Waals surface area contributed by atoms with Crippen LogP contribution in [-0.2, 0) is 4.74 Å². The second kappa shape index (κ2) is 6.84. The van der Waals surface area contributed by atoms with E-state index in [2.05, 4.69) is 19.9 Å². The van der Waals surface area contributed by atoms with Crippen LogP contribution >= 0.6 is 0 Å². The Hall–Kier alpha value is -2.80. The van der Waals surface area contributed by atoms with E-state index in [1.165, 1.54) is 0 Å². The van der Waals surface area contributed by atoms with Crippen molar-refractivity contribution in [1.82, 2.24) is 15.0 Å². The first-order chi connectivity index (χ1) is 12.7. The summed E-state index contributed by atoms with van der Waals surface area (Å²) in [5.74, 6) is 2.30. The molecular formula is C19H22N4O3. The van der Waals surface area contributed by atoms with E-state index in [-0.39, 0.29) is 12.1 Å². The van der Waals surface area contributed by atoms with E-state index >= 15 is 0 Å². The smallest absolute Gasteiger partial charge is 0.162 e. The number of rotatable bonds is 5. The third-order valence-electron chi connectivity index (χ3n) is 4.96. The molecule has 26 heavy (non-hydrogen) atoms. The number of nitrogens with zero attached hydrogens (tertiary/aromatic N) is 3. The third kappa shape index (κ3) is 2.74. The van der Waals surface area contributed by atoms with Gasteiger partial charge in [-0.05, 0) is 12.1 Å². The standard InChI is InChI=1S/C19H22N4O3/c1-24-12-8-16(19-21-6-7-22-19)23(11-12)15-4-5-20-14-10-18(26-3)17(25-2)9-13(14)15/h4-7,9-10,12,16H,8,11H2,1-3H3,(H,21,22)/t12-,16?/m1/s1. The number of imidazole rings is 1. The van der Waals surface area contributed by atoms with Crippen molar-refractivity contribution in [2.45, 2.75) is 18.6 Å². The van der Waals surface area contributed by atoms with Crippen molar-refractivity contribution >= 4 is 16.6 Å². The van der Waals surface area contributed by atoms with Crippen molar-refractivity contribution in [2.24, 2.45) is 0 Å². The van der Waals surface area contributed by atoms with Gasteiger partial charge in [-0.1, -0.05) is 0 Å². The molecule has 7 nitrogen and oxygen atoms in total. The minimum Gasteiger partial charge on any atom is -0.493 e. The molecule has 0 spiro atoms. The molecule has 0 bridgehead atoms. The Labute approximate surface area is 151 Å². The highest BCUT2D eigenvalue weighted by atomic mass is 16.5. The molecule has 0 saturated carbocycles. The quantitative estimate of drug-likeness (QED) is 0.759.